The molecule has 0 bridgehead atoms. The minimum absolute atomic E-state index is 0.0662. The molecule has 3 aromatic rings. The van der Waals surface area contributed by atoms with Crippen LogP contribution < -0.4 is 0 Å². The van der Waals surface area contributed by atoms with E-state index in [2.05, 4.69) is 14.7 Å². The molecule has 2 aromatic carbocycles. The summed E-state index contributed by atoms with van der Waals surface area (Å²) in [5.74, 6) is -3.99. The summed E-state index contributed by atoms with van der Waals surface area (Å²) in [6.45, 7) is 0. The van der Waals surface area contributed by atoms with Crippen molar-refractivity contribution in [2.24, 2.45) is 0 Å². The lowest BCUT2D eigenvalue weighted by Crippen LogP contribution is -2.17. The molecule has 0 unspecified atom stereocenters. The largest absolute Gasteiger partial charge is 0.471 e. The molecule has 0 saturated carbocycles. The zero-order valence-corrected chi connectivity index (χ0v) is 15.8. The fraction of sp³-hybridized carbons (Fsp3) is 0.167. The average Bonchev–Trinajstić information content (AvgIpc) is 3.18. The summed E-state index contributed by atoms with van der Waals surface area (Å²) in [5.41, 5.74) is -1.24. The van der Waals surface area contributed by atoms with E-state index in [1.165, 1.54) is 12.1 Å². The van der Waals surface area contributed by atoms with Crippen LogP contribution in [0.5, 0.6) is 0 Å². The van der Waals surface area contributed by atoms with Gasteiger partial charge in [-0.1, -0.05) is 35.5 Å². The average molecular weight is 464 g/mol. The fourth-order valence-corrected chi connectivity index (χ4v) is 3.74. The number of hydrogen-bond donors (Lipinski definition) is 0. The number of rotatable bonds is 5. The monoisotopic (exact) mass is 464 g/mol. The normalized spacial score (nSPS) is 12.7. The first-order valence-electron chi connectivity index (χ1n) is 8.22. The molecule has 13 heteroatoms. The summed E-state index contributed by atoms with van der Waals surface area (Å²) in [7, 11) is -4.38. The van der Waals surface area contributed by atoms with Gasteiger partial charge in [-0.05, 0) is 18.2 Å². The van der Waals surface area contributed by atoms with Crippen LogP contribution in [0.2, 0.25) is 0 Å². The van der Waals surface area contributed by atoms with Crippen molar-refractivity contribution in [2.75, 3.05) is 5.75 Å². The van der Waals surface area contributed by atoms with Crippen molar-refractivity contribution in [1.82, 2.24) is 10.1 Å². The molecule has 0 fully saturated rings. The zero-order chi connectivity index (χ0) is 23.0. The van der Waals surface area contributed by atoms with Gasteiger partial charge in [0.1, 0.15) is 5.75 Å². The van der Waals surface area contributed by atoms with Gasteiger partial charge in [0.25, 0.3) is 0 Å². The van der Waals surface area contributed by atoms with Crippen LogP contribution in [0, 0.1) is 0 Å². The van der Waals surface area contributed by atoms with E-state index in [1.54, 1.807) is 0 Å². The summed E-state index contributed by atoms with van der Waals surface area (Å²) < 4.78 is 105. The number of aromatic nitrogens is 2. The number of halogens is 6. The molecule has 0 radical (unpaired) electrons. The molecule has 0 atom stereocenters. The molecule has 6 nitrogen and oxygen atoms in total. The molecule has 31 heavy (non-hydrogen) atoms. The predicted molar refractivity (Wildman–Crippen MR) is 92.6 cm³/mol. The summed E-state index contributed by atoms with van der Waals surface area (Å²) in [6.07, 6.45) is -9.59. The van der Waals surface area contributed by atoms with Gasteiger partial charge in [-0.3, -0.25) is 4.79 Å². The Labute approximate surface area is 170 Å². The predicted octanol–water partition coefficient (Wildman–Crippen LogP) is 4.43. The second-order valence-corrected chi connectivity index (χ2v) is 8.20. The van der Waals surface area contributed by atoms with Crippen LogP contribution in [0.4, 0.5) is 26.3 Å². The zero-order valence-electron chi connectivity index (χ0n) is 15.0. The number of carbonyl (C=O) groups excluding carboxylic acids is 1. The Morgan fingerprint density at radius 3 is 2.13 bits per heavy atom. The van der Waals surface area contributed by atoms with Gasteiger partial charge in [0, 0.05) is 11.1 Å². The third-order valence-electron chi connectivity index (χ3n) is 3.98. The van der Waals surface area contributed by atoms with Gasteiger partial charge < -0.3 is 4.52 Å². The van der Waals surface area contributed by atoms with E-state index in [4.69, 9.17) is 0 Å². The van der Waals surface area contributed by atoms with Gasteiger partial charge in [-0.15, -0.1) is 0 Å². The standard InChI is InChI=1S/C18H10F6N2O4S/c19-17(20,21)12-2-1-3-13(8-12)31(28,29)9-14(27)10-4-6-11(7-5-10)15-25-16(30-26-15)18(22,23)24/h1-8H,9H2. The second kappa shape index (κ2) is 7.80. The lowest BCUT2D eigenvalue weighted by Gasteiger charge is -2.09. The van der Waals surface area contributed by atoms with E-state index in [-0.39, 0.29) is 11.1 Å². The first kappa shape index (κ1) is 22.5. The highest BCUT2D eigenvalue weighted by molar-refractivity contribution is 7.92. The molecule has 1 heterocycles. The van der Waals surface area contributed by atoms with Crippen LogP contribution in [0.1, 0.15) is 21.8 Å². The number of benzene rings is 2. The Kier molecular flexibility index (Phi) is 5.65. The Bertz CT molecular complexity index is 1210. The molecule has 3 rings (SSSR count). The molecule has 164 valence electrons. The van der Waals surface area contributed by atoms with Crippen LogP contribution in [-0.2, 0) is 22.2 Å². The second-order valence-electron chi connectivity index (χ2n) is 6.21. The summed E-state index contributed by atoms with van der Waals surface area (Å²) in [4.78, 5) is 14.8. The highest BCUT2D eigenvalue weighted by atomic mass is 32.2. The molecule has 1 aromatic heterocycles. The molecule has 0 amide bonds. The minimum Gasteiger partial charge on any atom is -0.329 e. The molecule has 0 saturated heterocycles. The highest BCUT2D eigenvalue weighted by Crippen LogP contribution is 2.31. The van der Waals surface area contributed by atoms with Crippen molar-refractivity contribution in [3.8, 4) is 11.4 Å². The summed E-state index contributed by atoms with van der Waals surface area (Å²) in [5, 5.41) is 3.18. The van der Waals surface area contributed by atoms with Gasteiger partial charge in [0.2, 0.25) is 5.82 Å². The number of nitrogens with zero attached hydrogens (tertiary/aromatic N) is 2. The topological polar surface area (TPSA) is 90.1 Å². The maximum absolute atomic E-state index is 12.8. The Hall–Kier alpha value is -3.22. The Morgan fingerprint density at radius 2 is 1.58 bits per heavy atom. The van der Waals surface area contributed by atoms with Crippen LogP contribution in [-0.4, -0.2) is 30.1 Å². The first-order chi connectivity index (χ1) is 14.3. The highest BCUT2D eigenvalue weighted by Gasteiger charge is 2.38. The van der Waals surface area contributed by atoms with E-state index in [0.29, 0.717) is 12.1 Å². The number of alkyl halides is 6. The maximum Gasteiger partial charge on any atom is 0.471 e. The van der Waals surface area contributed by atoms with Crippen molar-refractivity contribution in [2.45, 2.75) is 17.2 Å². The van der Waals surface area contributed by atoms with E-state index in [0.717, 1.165) is 24.3 Å². The number of Topliss-reactive ketones (excluding diaryl/α,β-unsaturated/α-hetero) is 1. The third kappa shape index (κ3) is 5.10. The van der Waals surface area contributed by atoms with Crippen LogP contribution >= 0.6 is 0 Å². The SMILES string of the molecule is O=C(CS(=O)(=O)c1cccc(C(F)(F)F)c1)c1ccc(-c2noc(C(F)(F)F)n2)cc1. The molecule has 0 N–H and O–H groups in total. The fourth-order valence-electron chi connectivity index (χ4n) is 2.47. The van der Waals surface area contributed by atoms with Crippen molar-refractivity contribution < 1.29 is 44.1 Å². The summed E-state index contributed by atoms with van der Waals surface area (Å²) in [6, 6.07) is 7.59. The smallest absolute Gasteiger partial charge is 0.329 e. The lowest BCUT2D eigenvalue weighted by atomic mass is 10.1. The van der Waals surface area contributed by atoms with E-state index < -0.39 is 55.9 Å². The van der Waals surface area contributed by atoms with Crippen molar-refractivity contribution in [3.63, 3.8) is 0 Å². The van der Waals surface area contributed by atoms with Gasteiger partial charge in [0.05, 0.1) is 10.5 Å². The van der Waals surface area contributed by atoms with Crippen molar-refractivity contribution >= 4 is 15.6 Å². The van der Waals surface area contributed by atoms with Gasteiger partial charge >= 0.3 is 18.2 Å². The summed E-state index contributed by atoms with van der Waals surface area (Å²) >= 11 is 0. The van der Waals surface area contributed by atoms with Gasteiger partial charge in [0.15, 0.2) is 15.6 Å². The minimum atomic E-state index is -4.83. The Morgan fingerprint density at radius 1 is 0.935 bits per heavy atom. The molecular weight excluding hydrogens is 454 g/mol. The van der Waals surface area contributed by atoms with E-state index >= 15 is 0 Å². The number of hydrogen-bond acceptors (Lipinski definition) is 6. The molecule has 0 aliphatic rings. The maximum atomic E-state index is 12.8. The number of carbonyl (C=O) groups is 1. The third-order valence-corrected chi connectivity index (χ3v) is 5.59. The van der Waals surface area contributed by atoms with Crippen LogP contribution in [0.3, 0.4) is 0 Å². The lowest BCUT2D eigenvalue weighted by molar-refractivity contribution is -0.159. The van der Waals surface area contributed by atoms with E-state index in [1.807, 2.05) is 0 Å². The van der Waals surface area contributed by atoms with Crippen molar-refractivity contribution in [3.05, 3.63) is 65.5 Å². The van der Waals surface area contributed by atoms with E-state index in [9.17, 15) is 39.6 Å². The Balaban J connectivity index is 1.78. The van der Waals surface area contributed by atoms with Gasteiger partial charge in [-0.2, -0.15) is 31.3 Å². The number of sulfone groups is 1. The molecule has 0 aliphatic heterocycles. The van der Waals surface area contributed by atoms with Crippen LogP contribution in [0.15, 0.2) is 57.9 Å². The van der Waals surface area contributed by atoms with Crippen molar-refractivity contribution in [1.29, 1.82) is 0 Å². The molecular formula is C18H10F6N2O4S. The van der Waals surface area contributed by atoms with Crippen LogP contribution in [0.25, 0.3) is 11.4 Å². The number of ketones is 1. The first-order valence-corrected chi connectivity index (χ1v) is 9.87. The van der Waals surface area contributed by atoms with Gasteiger partial charge in [-0.25, -0.2) is 8.42 Å². The molecule has 0 aliphatic carbocycles. The quantitative estimate of drug-likeness (QED) is 0.410. The molecule has 0 spiro atoms.